The molecule has 0 bridgehead atoms. The smallest absolute Gasteiger partial charge is 0.279 e. The molecule has 0 fully saturated rings. The average molecular weight is 370 g/mol. The van der Waals surface area contributed by atoms with Crippen LogP contribution in [0.25, 0.3) is 11.3 Å². The van der Waals surface area contributed by atoms with Gasteiger partial charge in [0.05, 0.1) is 12.8 Å². The fraction of sp³-hybridized carbons (Fsp3) is 0.200. The van der Waals surface area contributed by atoms with Crippen molar-refractivity contribution in [2.75, 3.05) is 7.11 Å². The fourth-order valence-corrected chi connectivity index (χ4v) is 3.81. The zero-order valence-electron chi connectivity index (χ0n) is 14.8. The Balaban J connectivity index is 2.04. The number of amides is 1. The van der Waals surface area contributed by atoms with Crippen molar-refractivity contribution in [3.05, 3.63) is 69.6 Å². The van der Waals surface area contributed by atoms with Crippen LogP contribution in [0.15, 0.2) is 53.5 Å². The number of benzene rings is 2. The highest BCUT2D eigenvalue weighted by Crippen LogP contribution is 2.25. The molecule has 0 saturated heterocycles. The van der Waals surface area contributed by atoms with E-state index in [0.717, 1.165) is 16.1 Å². The van der Waals surface area contributed by atoms with Gasteiger partial charge in [0.2, 0.25) is 0 Å². The average Bonchev–Trinajstić information content (AvgIpc) is 2.97. The molecule has 0 unspecified atom stereocenters. The van der Waals surface area contributed by atoms with Crippen LogP contribution in [-0.4, -0.2) is 17.6 Å². The minimum Gasteiger partial charge on any atom is -0.497 e. The zero-order chi connectivity index (χ0) is 18.7. The minimum absolute atomic E-state index is 0.274. The Bertz CT molecular complexity index is 986. The maximum atomic E-state index is 13.2. The fourth-order valence-electron chi connectivity index (χ4n) is 2.75. The standard InChI is InChI=1S/C20H19FN2O2S/c1-4-23-18(14-5-9-16(21)10-6-14)13(2)26-20(23)22-19(24)15-7-11-17(25-3)12-8-15/h5-12H,4H2,1-3H3. The monoisotopic (exact) mass is 370 g/mol. The Morgan fingerprint density at radius 1 is 1.15 bits per heavy atom. The van der Waals surface area contributed by atoms with Gasteiger partial charge < -0.3 is 9.30 Å². The van der Waals surface area contributed by atoms with Gasteiger partial charge in [0.15, 0.2) is 4.80 Å². The van der Waals surface area contributed by atoms with Crippen LogP contribution in [0.3, 0.4) is 0 Å². The summed E-state index contributed by atoms with van der Waals surface area (Å²) in [6.07, 6.45) is 0. The number of rotatable bonds is 4. The normalized spacial score (nSPS) is 11.6. The van der Waals surface area contributed by atoms with Crippen molar-refractivity contribution >= 4 is 17.2 Å². The molecule has 1 aromatic heterocycles. The van der Waals surface area contributed by atoms with Crippen LogP contribution in [0.4, 0.5) is 4.39 Å². The van der Waals surface area contributed by atoms with E-state index in [4.69, 9.17) is 4.74 Å². The predicted octanol–water partition coefficient (Wildman–Crippen LogP) is 4.43. The number of thiazole rings is 1. The minimum atomic E-state index is -0.304. The van der Waals surface area contributed by atoms with Crippen molar-refractivity contribution in [1.82, 2.24) is 4.57 Å². The number of hydrogen-bond donors (Lipinski definition) is 0. The van der Waals surface area contributed by atoms with E-state index in [-0.39, 0.29) is 11.7 Å². The number of aromatic nitrogens is 1. The quantitative estimate of drug-likeness (QED) is 0.682. The molecule has 6 heteroatoms. The number of nitrogens with zero attached hydrogens (tertiary/aromatic N) is 2. The summed E-state index contributed by atoms with van der Waals surface area (Å²) in [5.41, 5.74) is 2.36. The van der Waals surface area contributed by atoms with Crippen LogP contribution in [0.1, 0.15) is 22.2 Å². The van der Waals surface area contributed by atoms with Gasteiger partial charge in [0, 0.05) is 17.0 Å². The maximum absolute atomic E-state index is 13.2. The molecule has 2 aromatic carbocycles. The molecular weight excluding hydrogens is 351 g/mol. The van der Waals surface area contributed by atoms with Crippen molar-refractivity contribution in [3.8, 4) is 17.0 Å². The Morgan fingerprint density at radius 3 is 2.38 bits per heavy atom. The van der Waals surface area contributed by atoms with Gasteiger partial charge in [-0.1, -0.05) is 0 Å². The van der Waals surface area contributed by atoms with Crippen molar-refractivity contribution in [2.24, 2.45) is 4.99 Å². The molecular formula is C20H19FN2O2S. The maximum Gasteiger partial charge on any atom is 0.279 e. The highest BCUT2D eigenvalue weighted by atomic mass is 32.1. The molecule has 0 aliphatic heterocycles. The van der Waals surface area contributed by atoms with E-state index in [1.165, 1.54) is 23.5 Å². The second-order valence-electron chi connectivity index (χ2n) is 5.69. The van der Waals surface area contributed by atoms with E-state index in [9.17, 15) is 9.18 Å². The molecule has 3 aromatic rings. The van der Waals surface area contributed by atoms with Crippen molar-refractivity contribution in [2.45, 2.75) is 20.4 Å². The summed E-state index contributed by atoms with van der Waals surface area (Å²) in [6, 6.07) is 13.2. The number of hydrogen-bond acceptors (Lipinski definition) is 3. The molecule has 1 heterocycles. The lowest BCUT2D eigenvalue weighted by molar-refractivity contribution is 0.0998. The highest BCUT2D eigenvalue weighted by molar-refractivity contribution is 7.09. The van der Waals surface area contributed by atoms with Crippen LogP contribution in [-0.2, 0) is 6.54 Å². The summed E-state index contributed by atoms with van der Waals surface area (Å²) in [7, 11) is 1.58. The third kappa shape index (κ3) is 3.60. The molecule has 0 spiro atoms. The third-order valence-corrected chi connectivity index (χ3v) is 5.04. The van der Waals surface area contributed by atoms with E-state index < -0.39 is 0 Å². The Kier molecular flexibility index (Phi) is 5.32. The van der Waals surface area contributed by atoms with E-state index >= 15 is 0 Å². The summed E-state index contributed by atoms with van der Waals surface area (Å²) < 4.78 is 20.3. The molecule has 134 valence electrons. The predicted molar refractivity (Wildman–Crippen MR) is 101 cm³/mol. The molecule has 4 nitrogen and oxygen atoms in total. The van der Waals surface area contributed by atoms with Gasteiger partial charge in [0.25, 0.3) is 5.91 Å². The topological polar surface area (TPSA) is 43.6 Å². The Labute approximate surface area is 155 Å². The largest absolute Gasteiger partial charge is 0.497 e. The van der Waals surface area contributed by atoms with E-state index in [0.29, 0.717) is 22.7 Å². The number of ether oxygens (including phenoxy) is 1. The number of carbonyl (C=O) groups excluding carboxylic acids is 1. The number of carbonyl (C=O) groups is 1. The summed E-state index contributed by atoms with van der Waals surface area (Å²) >= 11 is 1.45. The van der Waals surface area contributed by atoms with Gasteiger partial charge in [-0.25, -0.2) is 4.39 Å². The van der Waals surface area contributed by atoms with Crippen molar-refractivity contribution < 1.29 is 13.9 Å². The van der Waals surface area contributed by atoms with Gasteiger partial charge in [-0.15, -0.1) is 11.3 Å². The molecule has 3 rings (SSSR count). The lowest BCUT2D eigenvalue weighted by Gasteiger charge is -2.07. The molecule has 26 heavy (non-hydrogen) atoms. The highest BCUT2D eigenvalue weighted by Gasteiger charge is 2.13. The first kappa shape index (κ1) is 18.1. The Morgan fingerprint density at radius 2 is 1.81 bits per heavy atom. The van der Waals surface area contributed by atoms with Crippen LogP contribution >= 0.6 is 11.3 Å². The number of halogens is 1. The van der Waals surface area contributed by atoms with E-state index in [2.05, 4.69) is 4.99 Å². The summed E-state index contributed by atoms with van der Waals surface area (Å²) in [6.45, 7) is 4.63. The zero-order valence-corrected chi connectivity index (χ0v) is 15.6. The number of aryl methyl sites for hydroxylation is 1. The second kappa shape index (κ2) is 7.66. The first-order valence-electron chi connectivity index (χ1n) is 8.22. The first-order chi connectivity index (χ1) is 12.5. The first-order valence-corrected chi connectivity index (χ1v) is 9.04. The van der Waals surface area contributed by atoms with Crippen LogP contribution in [0.5, 0.6) is 5.75 Å². The summed E-state index contributed by atoms with van der Waals surface area (Å²) in [4.78, 5) is 18.5. The van der Waals surface area contributed by atoms with Crippen molar-refractivity contribution in [1.29, 1.82) is 0 Å². The molecule has 0 saturated carbocycles. The third-order valence-electron chi connectivity index (χ3n) is 4.05. The second-order valence-corrected chi connectivity index (χ2v) is 6.87. The molecule has 0 atom stereocenters. The van der Waals surface area contributed by atoms with E-state index in [1.807, 2.05) is 18.4 Å². The number of methoxy groups -OCH3 is 1. The lowest BCUT2D eigenvalue weighted by Crippen LogP contribution is -2.17. The summed E-state index contributed by atoms with van der Waals surface area (Å²) in [5, 5.41) is 0. The van der Waals surface area contributed by atoms with Crippen LogP contribution in [0, 0.1) is 12.7 Å². The lowest BCUT2D eigenvalue weighted by atomic mass is 10.1. The molecule has 0 radical (unpaired) electrons. The molecule has 0 aliphatic carbocycles. The van der Waals surface area contributed by atoms with Gasteiger partial charge in [-0.3, -0.25) is 4.79 Å². The Hall–Kier alpha value is -2.73. The van der Waals surface area contributed by atoms with Gasteiger partial charge >= 0.3 is 0 Å². The molecule has 0 aliphatic rings. The van der Waals surface area contributed by atoms with Gasteiger partial charge in [0.1, 0.15) is 11.6 Å². The van der Waals surface area contributed by atoms with Gasteiger partial charge in [-0.05, 0) is 67.9 Å². The van der Waals surface area contributed by atoms with Crippen LogP contribution in [0.2, 0.25) is 0 Å². The van der Waals surface area contributed by atoms with Gasteiger partial charge in [-0.2, -0.15) is 4.99 Å². The van der Waals surface area contributed by atoms with Crippen LogP contribution < -0.4 is 9.54 Å². The van der Waals surface area contributed by atoms with Crippen molar-refractivity contribution in [3.63, 3.8) is 0 Å². The van der Waals surface area contributed by atoms with E-state index in [1.54, 1.807) is 43.5 Å². The molecule has 0 N–H and O–H groups in total. The molecule has 1 amide bonds. The SMILES string of the molecule is CCn1c(-c2ccc(F)cc2)c(C)sc1=NC(=O)c1ccc(OC)cc1. The summed E-state index contributed by atoms with van der Waals surface area (Å²) in [5.74, 6) is 0.113.